The maximum atomic E-state index is 13.8. The van der Waals surface area contributed by atoms with Gasteiger partial charge < -0.3 is 19.4 Å². The molecule has 5 rings (SSSR count). The Balaban J connectivity index is 1.46. The van der Waals surface area contributed by atoms with E-state index in [1.165, 1.54) is 4.90 Å². The van der Waals surface area contributed by atoms with Gasteiger partial charge in [-0.05, 0) is 6.92 Å². The van der Waals surface area contributed by atoms with Crippen LogP contribution in [0.25, 0.3) is 0 Å². The average molecular weight is 463 g/mol. The molecule has 1 aromatic heterocycles. The maximum absolute atomic E-state index is 13.8. The van der Waals surface area contributed by atoms with Crippen LogP contribution in [0.15, 0.2) is 27.4 Å². The summed E-state index contributed by atoms with van der Waals surface area (Å²) in [5.74, 6) is -1.30. The van der Waals surface area contributed by atoms with Gasteiger partial charge in [-0.3, -0.25) is 14.5 Å². The van der Waals surface area contributed by atoms with Crippen molar-refractivity contribution in [2.24, 2.45) is 22.0 Å². The lowest BCUT2D eigenvalue weighted by Crippen LogP contribution is -2.59. The topological polar surface area (TPSA) is 90.9 Å². The number of likely N-dealkylation sites (tertiary alicyclic amines) is 1. The zero-order valence-corrected chi connectivity index (χ0v) is 19.0. The number of morpholine rings is 1. The van der Waals surface area contributed by atoms with Gasteiger partial charge in [-0.2, -0.15) is 10.1 Å². The Bertz CT molecular complexity index is 1030. The number of piperidine rings is 1. The largest absolute Gasteiger partial charge is 0.370 e. The first-order valence-corrected chi connectivity index (χ1v) is 11.2. The molecule has 1 amide bonds. The number of carbonyl (C=O) groups is 1. The van der Waals surface area contributed by atoms with E-state index in [0.29, 0.717) is 37.3 Å². The monoisotopic (exact) mass is 462 g/mol. The number of hydrogen-bond acceptors (Lipinski definition) is 8. The Hall–Kier alpha value is -2.89. The Kier molecular flexibility index (Phi) is 5.42. The summed E-state index contributed by atoms with van der Waals surface area (Å²) in [5.41, 5.74) is 0.952. The minimum absolute atomic E-state index is 0.169. The molecule has 4 aliphatic rings. The lowest BCUT2D eigenvalue weighted by atomic mass is 9.99. The first-order valence-electron chi connectivity index (χ1n) is 11.2. The Morgan fingerprint density at radius 1 is 1.09 bits per heavy atom. The van der Waals surface area contributed by atoms with Crippen LogP contribution in [0.2, 0.25) is 0 Å². The predicted molar refractivity (Wildman–Crippen MR) is 118 cm³/mol. The van der Waals surface area contributed by atoms with Crippen molar-refractivity contribution in [3.63, 3.8) is 0 Å². The summed E-state index contributed by atoms with van der Waals surface area (Å²) in [6, 6.07) is -1.36. The zero-order chi connectivity index (χ0) is 23.3. The van der Waals surface area contributed by atoms with Crippen molar-refractivity contribution in [3.05, 3.63) is 18.0 Å². The Morgan fingerprint density at radius 3 is 2.55 bits per heavy atom. The van der Waals surface area contributed by atoms with Crippen LogP contribution in [0.4, 0.5) is 8.78 Å². The van der Waals surface area contributed by atoms with Crippen molar-refractivity contribution < 1.29 is 18.3 Å². The van der Waals surface area contributed by atoms with Crippen LogP contribution in [0.3, 0.4) is 0 Å². The van der Waals surface area contributed by atoms with Crippen molar-refractivity contribution in [3.8, 4) is 0 Å². The smallest absolute Gasteiger partial charge is 0.255 e. The highest BCUT2D eigenvalue weighted by Crippen LogP contribution is 2.31. The summed E-state index contributed by atoms with van der Waals surface area (Å²) in [6.45, 7) is 3.64. The summed E-state index contributed by atoms with van der Waals surface area (Å²) in [5, 5.41) is 4.22. The highest BCUT2D eigenvalue weighted by atomic mass is 19.3. The predicted octanol–water partition coefficient (Wildman–Crippen LogP) is 0.920. The molecular formula is C21H28F2N8O2. The standard InChI is InChI=1S/C21H28F2N8O2/c1-13-25-16-17(19(32)29(13)3)26-20(27-18(16)30-6-4-21(22,23)5-7-30)31-8-9-33-15(12-31)14-10-24-28(2)11-14/h10-11,15-17H,4-9,12H2,1-3H3/t15-,16?,17?/m0/s1. The molecule has 178 valence electrons. The molecule has 0 saturated carbocycles. The third kappa shape index (κ3) is 4.11. The van der Waals surface area contributed by atoms with Crippen LogP contribution in [0.5, 0.6) is 0 Å². The van der Waals surface area contributed by atoms with Gasteiger partial charge in [0.15, 0.2) is 6.04 Å². The Morgan fingerprint density at radius 2 is 1.85 bits per heavy atom. The highest BCUT2D eigenvalue weighted by molar-refractivity contribution is 6.11. The number of nitrogens with zero attached hydrogens (tertiary/aromatic N) is 8. The molecule has 0 aromatic carbocycles. The average Bonchev–Trinajstić information content (AvgIpc) is 3.24. The number of aliphatic imine (C=N–C) groups is 3. The van der Waals surface area contributed by atoms with E-state index in [2.05, 4.69) is 10.1 Å². The summed E-state index contributed by atoms with van der Waals surface area (Å²) in [6.07, 6.45) is 2.99. The number of alkyl halides is 2. The quantitative estimate of drug-likeness (QED) is 0.619. The van der Waals surface area contributed by atoms with E-state index >= 15 is 0 Å². The highest BCUT2D eigenvalue weighted by Gasteiger charge is 2.45. The molecule has 10 nitrogen and oxygen atoms in total. The van der Waals surface area contributed by atoms with Crippen molar-refractivity contribution in [1.29, 1.82) is 0 Å². The lowest BCUT2D eigenvalue weighted by Gasteiger charge is -2.42. The fraction of sp³-hybridized carbons (Fsp3) is 0.667. The number of likely N-dealkylation sites (N-methyl/N-ethyl adjacent to an activating group) is 1. The van der Waals surface area contributed by atoms with Gasteiger partial charge in [0.05, 0.1) is 19.3 Å². The van der Waals surface area contributed by atoms with Gasteiger partial charge in [0.25, 0.3) is 11.8 Å². The first kappa shape index (κ1) is 21.9. The van der Waals surface area contributed by atoms with Crippen molar-refractivity contribution >= 4 is 23.5 Å². The fourth-order valence-electron chi connectivity index (χ4n) is 4.61. The number of ether oxygens (including phenoxy) is 1. The number of halogens is 2. The fourth-order valence-corrected chi connectivity index (χ4v) is 4.61. The molecule has 3 atom stereocenters. The molecule has 0 radical (unpaired) electrons. The van der Waals surface area contributed by atoms with E-state index in [1.807, 2.05) is 23.0 Å². The number of fused-ring (bicyclic) bond motifs is 1. The molecule has 33 heavy (non-hydrogen) atoms. The molecule has 12 heteroatoms. The first-order chi connectivity index (χ1) is 15.7. The summed E-state index contributed by atoms with van der Waals surface area (Å²) in [7, 11) is 3.52. The molecule has 0 bridgehead atoms. The van der Waals surface area contributed by atoms with E-state index in [4.69, 9.17) is 14.7 Å². The Labute approximate surface area is 190 Å². The molecule has 1 aromatic rings. The lowest BCUT2D eigenvalue weighted by molar-refractivity contribution is -0.128. The van der Waals surface area contributed by atoms with Gasteiger partial charge in [-0.15, -0.1) is 0 Å². The second-order valence-electron chi connectivity index (χ2n) is 8.96. The number of amidine groups is 2. The minimum Gasteiger partial charge on any atom is -0.370 e. The molecule has 2 fully saturated rings. The molecule has 0 N–H and O–H groups in total. The van der Waals surface area contributed by atoms with E-state index < -0.39 is 18.0 Å². The maximum Gasteiger partial charge on any atom is 0.255 e. The molecule has 0 aliphatic carbocycles. The van der Waals surface area contributed by atoms with Crippen molar-refractivity contribution in [2.75, 3.05) is 39.8 Å². The molecule has 2 saturated heterocycles. The number of aromatic nitrogens is 2. The van der Waals surface area contributed by atoms with Crippen molar-refractivity contribution in [1.82, 2.24) is 24.5 Å². The van der Waals surface area contributed by atoms with E-state index in [1.54, 1.807) is 24.9 Å². The minimum atomic E-state index is -2.68. The second-order valence-corrected chi connectivity index (χ2v) is 8.96. The SMILES string of the molecule is CC1=NC2C(N3CCC(F)(F)CC3)=NC(N3CCO[C@H](c4cnn(C)c4)C3)=NC2C(=O)N1C. The van der Waals surface area contributed by atoms with Gasteiger partial charge in [-0.1, -0.05) is 0 Å². The molecule has 4 aliphatic heterocycles. The van der Waals surface area contributed by atoms with Crippen LogP contribution in [0, 0.1) is 0 Å². The normalized spacial score (nSPS) is 30.0. The van der Waals surface area contributed by atoms with E-state index in [-0.39, 0.29) is 37.9 Å². The van der Waals surface area contributed by atoms with E-state index in [9.17, 15) is 13.6 Å². The van der Waals surface area contributed by atoms with Crippen LogP contribution in [0.1, 0.15) is 31.4 Å². The van der Waals surface area contributed by atoms with Gasteiger partial charge in [0.2, 0.25) is 5.96 Å². The number of rotatable bonds is 1. The van der Waals surface area contributed by atoms with Gasteiger partial charge in [-0.25, -0.2) is 13.8 Å². The molecule has 5 heterocycles. The third-order valence-electron chi connectivity index (χ3n) is 6.69. The van der Waals surface area contributed by atoms with E-state index in [0.717, 1.165) is 5.56 Å². The summed E-state index contributed by atoms with van der Waals surface area (Å²) < 4.78 is 35.3. The van der Waals surface area contributed by atoms with Gasteiger partial charge in [0.1, 0.15) is 23.8 Å². The summed E-state index contributed by atoms with van der Waals surface area (Å²) >= 11 is 0. The van der Waals surface area contributed by atoms with Gasteiger partial charge >= 0.3 is 0 Å². The molecule has 2 unspecified atom stereocenters. The molecule has 0 spiro atoms. The van der Waals surface area contributed by atoms with Crippen LogP contribution in [-0.2, 0) is 16.6 Å². The van der Waals surface area contributed by atoms with Crippen molar-refractivity contribution in [2.45, 2.75) is 43.9 Å². The number of hydrogen-bond donors (Lipinski definition) is 0. The zero-order valence-electron chi connectivity index (χ0n) is 19.0. The van der Waals surface area contributed by atoms with Gasteiger partial charge in [0, 0.05) is 58.3 Å². The third-order valence-corrected chi connectivity index (χ3v) is 6.69. The van der Waals surface area contributed by atoms with Crippen LogP contribution >= 0.6 is 0 Å². The van der Waals surface area contributed by atoms with Crippen LogP contribution in [-0.4, -0.2) is 106 Å². The van der Waals surface area contributed by atoms with Crippen LogP contribution < -0.4 is 0 Å². The number of carbonyl (C=O) groups excluding carboxylic acids is 1. The number of aryl methyl sites for hydroxylation is 1. The number of amides is 1. The second kappa shape index (κ2) is 8.15. The summed E-state index contributed by atoms with van der Waals surface area (Å²) in [4.78, 5) is 32.6. The number of guanidine groups is 1. The molecular weight excluding hydrogens is 434 g/mol.